The highest BCUT2D eigenvalue weighted by atomic mass is 32.2. The number of rotatable bonds is 5. The maximum absolute atomic E-state index is 12.8. The minimum absolute atomic E-state index is 0.0489. The molecule has 0 atom stereocenters. The van der Waals surface area contributed by atoms with E-state index >= 15 is 0 Å². The number of aryl methyl sites for hydroxylation is 3. The van der Waals surface area contributed by atoms with Crippen LogP contribution in [0.1, 0.15) is 35.0 Å². The van der Waals surface area contributed by atoms with Crippen LogP contribution in [0.3, 0.4) is 0 Å². The summed E-state index contributed by atoms with van der Waals surface area (Å²) in [6.45, 7) is 6.14. The number of piperidine rings is 1. The topological polar surface area (TPSA) is 105 Å². The summed E-state index contributed by atoms with van der Waals surface area (Å²) in [6, 6.07) is 0. The van der Waals surface area contributed by atoms with Gasteiger partial charge in [0.2, 0.25) is 15.9 Å². The second kappa shape index (κ2) is 7.45. The summed E-state index contributed by atoms with van der Waals surface area (Å²) >= 11 is 1.51. The molecule has 0 saturated carbocycles. The lowest BCUT2D eigenvalue weighted by Gasteiger charge is -2.30. The Morgan fingerprint density at radius 1 is 1.35 bits per heavy atom. The van der Waals surface area contributed by atoms with E-state index in [0.717, 1.165) is 10.7 Å². The zero-order valence-corrected chi connectivity index (χ0v) is 16.6. The van der Waals surface area contributed by atoms with Crippen LogP contribution in [-0.2, 0) is 21.4 Å². The second-order valence-corrected chi connectivity index (χ2v) is 9.25. The van der Waals surface area contributed by atoms with Gasteiger partial charge in [0, 0.05) is 30.1 Å². The van der Waals surface area contributed by atoms with Gasteiger partial charge in [-0.15, -0.1) is 11.3 Å². The summed E-state index contributed by atoms with van der Waals surface area (Å²) in [4.78, 5) is 16.8. The van der Waals surface area contributed by atoms with Crippen LogP contribution in [-0.4, -0.2) is 41.9 Å². The molecule has 1 aliphatic heterocycles. The summed E-state index contributed by atoms with van der Waals surface area (Å²) in [6.07, 6.45) is 0.983. The van der Waals surface area contributed by atoms with Gasteiger partial charge in [-0.25, -0.2) is 13.4 Å². The molecule has 1 aliphatic rings. The molecule has 1 amide bonds. The molecule has 10 heteroatoms. The zero-order chi connectivity index (χ0) is 18.9. The van der Waals surface area contributed by atoms with Crippen molar-refractivity contribution in [1.82, 2.24) is 19.8 Å². The third-order valence-electron chi connectivity index (χ3n) is 4.47. The van der Waals surface area contributed by atoms with Crippen LogP contribution in [0.15, 0.2) is 14.8 Å². The van der Waals surface area contributed by atoms with Crippen molar-refractivity contribution in [2.45, 2.75) is 45.1 Å². The molecule has 0 spiro atoms. The Hall–Kier alpha value is -1.78. The van der Waals surface area contributed by atoms with E-state index in [9.17, 15) is 13.2 Å². The number of nitrogens with zero attached hydrogens (tertiary/aromatic N) is 3. The number of thiazole rings is 1. The highest BCUT2D eigenvalue weighted by Gasteiger charge is 2.35. The number of hydrogen-bond donors (Lipinski definition) is 1. The van der Waals surface area contributed by atoms with E-state index in [1.54, 1.807) is 13.8 Å². The summed E-state index contributed by atoms with van der Waals surface area (Å²) in [5, 5.41) is 9.44. The van der Waals surface area contributed by atoms with Crippen molar-refractivity contribution in [3.8, 4) is 0 Å². The SMILES string of the molecule is Cc1csc(CNC(=O)C2CCN(S(=O)(=O)c3c(C)noc3C)CC2)n1. The van der Waals surface area contributed by atoms with Crippen LogP contribution in [0.4, 0.5) is 0 Å². The highest BCUT2D eigenvalue weighted by molar-refractivity contribution is 7.89. The number of carbonyl (C=O) groups excluding carboxylic acids is 1. The van der Waals surface area contributed by atoms with Gasteiger partial charge in [0.25, 0.3) is 0 Å². The third-order valence-corrected chi connectivity index (χ3v) is 7.58. The fourth-order valence-electron chi connectivity index (χ4n) is 3.12. The normalized spacial score (nSPS) is 16.7. The Bertz CT molecular complexity index is 876. The van der Waals surface area contributed by atoms with E-state index in [0.29, 0.717) is 43.9 Å². The summed E-state index contributed by atoms with van der Waals surface area (Å²) in [5.74, 6) is 0.0560. The average molecular weight is 399 g/mol. The van der Waals surface area contributed by atoms with Gasteiger partial charge in [0.15, 0.2) is 5.76 Å². The predicted octanol–water partition coefficient (Wildman–Crippen LogP) is 1.77. The largest absolute Gasteiger partial charge is 0.360 e. The van der Waals surface area contributed by atoms with E-state index in [1.807, 2.05) is 12.3 Å². The summed E-state index contributed by atoms with van der Waals surface area (Å²) in [5.41, 5.74) is 1.30. The van der Waals surface area contributed by atoms with Crippen molar-refractivity contribution in [2.24, 2.45) is 5.92 Å². The minimum atomic E-state index is -3.64. The van der Waals surface area contributed by atoms with Crippen LogP contribution in [0.5, 0.6) is 0 Å². The molecule has 1 N–H and O–H groups in total. The van der Waals surface area contributed by atoms with Crippen LogP contribution < -0.4 is 5.32 Å². The highest BCUT2D eigenvalue weighted by Crippen LogP contribution is 2.27. The monoisotopic (exact) mass is 398 g/mol. The molecule has 1 fully saturated rings. The van der Waals surface area contributed by atoms with Gasteiger partial charge in [0.1, 0.15) is 15.6 Å². The standard InChI is InChI=1S/C16H22N4O4S2/c1-10-9-25-14(18-10)8-17-16(21)13-4-6-20(7-5-13)26(22,23)15-11(2)19-24-12(15)3/h9,13H,4-8H2,1-3H3,(H,17,21). The van der Waals surface area contributed by atoms with Gasteiger partial charge >= 0.3 is 0 Å². The van der Waals surface area contributed by atoms with Crippen molar-refractivity contribution < 1.29 is 17.7 Å². The number of hydrogen-bond acceptors (Lipinski definition) is 7. The average Bonchev–Trinajstić information content (AvgIpc) is 3.18. The molecule has 0 aliphatic carbocycles. The van der Waals surface area contributed by atoms with Crippen molar-refractivity contribution >= 4 is 27.3 Å². The van der Waals surface area contributed by atoms with Crippen molar-refractivity contribution in [3.05, 3.63) is 27.5 Å². The van der Waals surface area contributed by atoms with Crippen molar-refractivity contribution in [1.29, 1.82) is 0 Å². The first-order chi connectivity index (χ1) is 12.3. The Morgan fingerprint density at radius 2 is 2.04 bits per heavy atom. The molecular formula is C16H22N4O4S2. The van der Waals surface area contributed by atoms with E-state index in [1.165, 1.54) is 15.6 Å². The molecule has 0 unspecified atom stereocenters. The molecule has 2 aromatic heterocycles. The molecular weight excluding hydrogens is 376 g/mol. The van der Waals surface area contributed by atoms with Crippen LogP contribution >= 0.6 is 11.3 Å². The first-order valence-electron chi connectivity index (χ1n) is 8.40. The Balaban J connectivity index is 1.57. The molecule has 0 bridgehead atoms. The fourth-order valence-corrected chi connectivity index (χ4v) is 5.59. The lowest BCUT2D eigenvalue weighted by molar-refractivity contribution is -0.126. The minimum Gasteiger partial charge on any atom is -0.360 e. The number of carbonyl (C=O) groups is 1. The Kier molecular flexibility index (Phi) is 5.44. The first-order valence-corrected chi connectivity index (χ1v) is 10.7. The lowest BCUT2D eigenvalue weighted by atomic mass is 9.97. The number of sulfonamides is 1. The molecule has 0 radical (unpaired) electrons. The molecule has 3 rings (SSSR count). The summed E-state index contributed by atoms with van der Waals surface area (Å²) in [7, 11) is -3.64. The zero-order valence-electron chi connectivity index (χ0n) is 15.0. The van der Waals surface area contributed by atoms with Gasteiger partial charge in [-0.05, 0) is 33.6 Å². The van der Waals surface area contributed by atoms with Crippen LogP contribution in [0.25, 0.3) is 0 Å². The molecule has 142 valence electrons. The Labute approximate surface area is 156 Å². The number of amides is 1. The first kappa shape index (κ1) is 19.0. The van der Waals surface area contributed by atoms with Gasteiger partial charge in [-0.2, -0.15) is 4.31 Å². The third kappa shape index (κ3) is 3.81. The lowest BCUT2D eigenvalue weighted by Crippen LogP contribution is -2.43. The molecule has 0 aromatic carbocycles. The maximum Gasteiger partial charge on any atom is 0.248 e. The Morgan fingerprint density at radius 3 is 2.58 bits per heavy atom. The smallest absolute Gasteiger partial charge is 0.248 e. The quantitative estimate of drug-likeness (QED) is 0.823. The number of nitrogens with one attached hydrogen (secondary N) is 1. The van der Waals surface area contributed by atoms with Gasteiger partial charge in [-0.1, -0.05) is 5.16 Å². The van der Waals surface area contributed by atoms with Crippen LogP contribution in [0, 0.1) is 26.7 Å². The molecule has 3 heterocycles. The van der Waals surface area contributed by atoms with E-state index in [-0.39, 0.29) is 16.7 Å². The molecule has 26 heavy (non-hydrogen) atoms. The van der Waals surface area contributed by atoms with Gasteiger partial charge in [0.05, 0.1) is 6.54 Å². The van der Waals surface area contributed by atoms with E-state index in [2.05, 4.69) is 15.5 Å². The van der Waals surface area contributed by atoms with Gasteiger partial charge < -0.3 is 9.84 Å². The van der Waals surface area contributed by atoms with E-state index in [4.69, 9.17) is 4.52 Å². The second-order valence-electron chi connectivity index (χ2n) is 6.43. The maximum atomic E-state index is 12.8. The van der Waals surface area contributed by atoms with Crippen LogP contribution in [0.2, 0.25) is 0 Å². The van der Waals surface area contributed by atoms with Crippen molar-refractivity contribution in [2.75, 3.05) is 13.1 Å². The fraction of sp³-hybridized carbons (Fsp3) is 0.562. The predicted molar refractivity (Wildman–Crippen MR) is 96.2 cm³/mol. The summed E-state index contributed by atoms with van der Waals surface area (Å²) < 4.78 is 32.0. The molecule has 2 aromatic rings. The molecule has 1 saturated heterocycles. The van der Waals surface area contributed by atoms with Crippen molar-refractivity contribution in [3.63, 3.8) is 0 Å². The van der Waals surface area contributed by atoms with E-state index < -0.39 is 10.0 Å². The number of aromatic nitrogens is 2. The van der Waals surface area contributed by atoms with Gasteiger partial charge in [-0.3, -0.25) is 4.79 Å². The molecule has 8 nitrogen and oxygen atoms in total.